The van der Waals surface area contributed by atoms with Gasteiger partial charge < -0.3 is 19.3 Å². The number of pyridine rings is 1. The largest absolute Gasteiger partial charge is 0.490 e. The standard InChI is InChI=1S/C32H39FN6O3/c1-4-39(21(2)3)32(40)24-18-22(33)7-8-27(24)42-29-19-34-20-36-31(29)38-15-10-23(11-16-38)41-28-9-13-35-25-12-17-37-14-5-6-26(37)30(25)28/h7-9,13,18-21,23,26H,4-6,10-12,14-17H2,1-3H3/t26-/m0/s1. The van der Waals surface area contributed by atoms with Crippen molar-refractivity contribution in [3.8, 4) is 17.2 Å². The zero-order valence-corrected chi connectivity index (χ0v) is 24.6. The van der Waals surface area contributed by atoms with E-state index >= 15 is 0 Å². The molecule has 3 aromatic rings. The van der Waals surface area contributed by atoms with Gasteiger partial charge in [0.15, 0.2) is 11.6 Å². The number of nitrogens with zero attached hydrogens (tertiary/aromatic N) is 6. The van der Waals surface area contributed by atoms with E-state index in [1.807, 2.05) is 33.0 Å². The first kappa shape index (κ1) is 28.3. The Balaban J connectivity index is 1.16. The van der Waals surface area contributed by atoms with Crippen molar-refractivity contribution < 1.29 is 18.7 Å². The number of carbonyl (C=O) groups is 1. The number of rotatable bonds is 8. The van der Waals surface area contributed by atoms with E-state index in [1.165, 1.54) is 48.6 Å². The van der Waals surface area contributed by atoms with E-state index in [0.717, 1.165) is 51.2 Å². The first-order valence-corrected chi connectivity index (χ1v) is 15.1. The van der Waals surface area contributed by atoms with Crippen LogP contribution in [0.4, 0.5) is 10.2 Å². The minimum absolute atomic E-state index is 0.0347. The van der Waals surface area contributed by atoms with Crippen LogP contribution < -0.4 is 14.4 Å². The summed E-state index contributed by atoms with van der Waals surface area (Å²) >= 11 is 0. The van der Waals surface area contributed by atoms with Gasteiger partial charge in [0.1, 0.15) is 29.7 Å². The number of ether oxygens (including phenoxy) is 2. The summed E-state index contributed by atoms with van der Waals surface area (Å²) in [6.07, 6.45) is 10.1. The molecule has 1 amide bonds. The highest BCUT2D eigenvalue weighted by Crippen LogP contribution is 2.42. The Kier molecular flexibility index (Phi) is 8.24. The monoisotopic (exact) mass is 574 g/mol. The first-order chi connectivity index (χ1) is 20.4. The summed E-state index contributed by atoms with van der Waals surface area (Å²) in [7, 11) is 0. The molecular weight excluding hydrogens is 535 g/mol. The van der Waals surface area contributed by atoms with E-state index in [1.54, 1.807) is 11.1 Å². The molecule has 2 fully saturated rings. The van der Waals surface area contributed by atoms with Crippen molar-refractivity contribution in [2.24, 2.45) is 0 Å². The molecule has 0 spiro atoms. The van der Waals surface area contributed by atoms with Gasteiger partial charge in [0, 0.05) is 69.3 Å². The lowest BCUT2D eigenvalue weighted by Gasteiger charge is -2.36. The van der Waals surface area contributed by atoms with Crippen LogP contribution in [0.5, 0.6) is 17.2 Å². The maximum Gasteiger partial charge on any atom is 0.257 e. The number of hydrogen-bond acceptors (Lipinski definition) is 8. The molecule has 10 heteroatoms. The molecule has 0 saturated carbocycles. The Labute approximate surface area is 246 Å². The van der Waals surface area contributed by atoms with Gasteiger partial charge >= 0.3 is 0 Å². The fourth-order valence-corrected chi connectivity index (χ4v) is 6.58. The number of halogens is 1. The van der Waals surface area contributed by atoms with E-state index in [4.69, 9.17) is 9.47 Å². The summed E-state index contributed by atoms with van der Waals surface area (Å²) in [6.45, 7) is 9.97. The predicted molar refractivity (Wildman–Crippen MR) is 158 cm³/mol. The highest BCUT2D eigenvalue weighted by molar-refractivity contribution is 5.97. The summed E-state index contributed by atoms with van der Waals surface area (Å²) in [5.41, 5.74) is 2.65. The van der Waals surface area contributed by atoms with Crippen LogP contribution >= 0.6 is 0 Å². The topological polar surface area (TPSA) is 83.9 Å². The van der Waals surface area contributed by atoms with Crippen LogP contribution in [-0.2, 0) is 6.42 Å². The maximum absolute atomic E-state index is 14.3. The van der Waals surface area contributed by atoms with E-state index in [9.17, 15) is 9.18 Å². The predicted octanol–water partition coefficient (Wildman–Crippen LogP) is 5.41. The molecule has 1 atom stereocenters. The number of piperidine rings is 1. The van der Waals surface area contributed by atoms with Crippen molar-refractivity contribution in [2.45, 2.75) is 71.1 Å². The number of aromatic nitrogens is 3. The minimum atomic E-state index is -0.492. The highest BCUT2D eigenvalue weighted by atomic mass is 19.1. The molecule has 1 aromatic carbocycles. The average molecular weight is 575 g/mol. The molecule has 0 N–H and O–H groups in total. The number of carbonyl (C=O) groups excluding carboxylic acids is 1. The van der Waals surface area contributed by atoms with Gasteiger partial charge in [-0.3, -0.25) is 14.7 Å². The quantitative estimate of drug-likeness (QED) is 0.353. The molecule has 9 nitrogen and oxygen atoms in total. The highest BCUT2D eigenvalue weighted by Gasteiger charge is 2.35. The third-order valence-electron chi connectivity index (χ3n) is 8.68. The number of benzene rings is 1. The van der Waals surface area contributed by atoms with Crippen molar-refractivity contribution in [2.75, 3.05) is 37.6 Å². The molecule has 0 radical (unpaired) electrons. The van der Waals surface area contributed by atoms with Gasteiger partial charge in [0.05, 0.1) is 17.5 Å². The van der Waals surface area contributed by atoms with E-state index in [2.05, 4.69) is 24.8 Å². The fraction of sp³-hybridized carbons (Fsp3) is 0.500. The Bertz CT molecular complexity index is 1430. The van der Waals surface area contributed by atoms with Gasteiger partial charge in [-0.2, -0.15) is 0 Å². The van der Waals surface area contributed by atoms with Crippen LogP contribution in [0.1, 0.15) is 74.1 Å². The normalized spacial score (nSPS) is 19.0. The number of anilines is 1. The second-order valence-electron chi connectivity index (χ2n) is 11.6. The van der Waals surface area contributed by atoms with Crippen molar-refractivity contribution in [3.05, 3.63) is 65.6 Å². The molecule has 5 heterocycles. The maximum atomic E-state index is 14.3. The van der Waals surface area contributed by atoms with Crippen molar-refractivity contribution in [3.63, 3.8) is 0 Å². The van der Waals surface area contributed by atoms with Crippen LogP contribution in [0.2, 0.25) is 0 Å². The van der Waals surface area contributed by atoms with Crippen LogP contribution in [0, 0.1) is 5.82 Å². The van der Waals surface area contributed by atoms with Crippen molar-refractivity contribution >= 4 is 11.7 Å². The first-order valence-electron chi connectivity index (χ1n) is 15.1. The van der Waals surface area contributed by atoms with E-state index in [-0.39, 0.29) is 29.4 Å². The molecule has 0 bridgehead atoms. The SMILES string of the molecule is CCN(C(=O)c1cc(F)ccc1Oc1cncnc1N1CCC(Oc2ccnc3c2[C@@H]2CCCN2CC3)CC1)C(C)C. The summed E-state index contributed by atoms with van der Waals surface area (Å²) in [5.74, 6) is 1.56. The molecule has 0 unspecified atom stereocenters. The Morgan fingerprint density at radius 1 is 1.07 bits per heavy atom. The van der Waals surface area contributed by atoms with E-state index in [0.29, 0.717) is 24.2 Å². The lowest BCUT2D eigenvalue weighted by molar-refractivity contribution is 0.0713. The Morgan fingerprint density at radius 2 is 1.90 bits per heavy atom. The second kappa shape index (κ2) is 12.2. The molecule has 42 heavy (non-hydrogen) atoms. The van der Waals surface area contributed by atoms with Gasteiger partial charge in [-0.05, 0) is 64.4 Å². The summed E-state index contributed by atoms with van der Waals surface area (Å²) in [5, 5.41) is 0. The Morgan fingerprint density at radius 3 is 2.69 bits per heavy atom. The molecule has 6 rings (SSSR count). The fourth-order valence-electron chi connectivity index (χ4n) is 6.58. The number of fused-ring (bicyclic) bond motifs is 3. The summed E-state index contributed by atoms with van der Waals surface area (Å²) < 4.78 is 27.1. The van der Waals surface area contributed by atoms with Crippen molar-refractivity contribution in [1.82, 2.24) is 24.8 Å². The molecule has 2 saturated heterocycles. The third-order valence-corrected chi connectivity index (χ3v) is 8.68. The second-order valence-corrected chi connectivity index (χ2v) is 11.6. The van der Waals surface area contributed by atoms with Crippen molar-refractivity contribution in [1.29, 1.82) is 0 Å². The average Bonchev–Trinajstić information content (AvgIpc) is 3.48. The molecule has 0 aliphatic carbocycles. The molecule has 222 valence electrons. The lowest BCUT2D eigenvalue weighted by Crippen LogP contribution is -2.39. The van der Waals surface area contributed by atoms with Gasteiger partial charge in [-0.15, -0.1) is 0 Å². The van der Waals surface area contributed by atoms with E-state index < -0.39 is 5.82 Å². The van der Waals surface area contributed by atoms with Gasteiger partial charge in [-0.1, -0.05) is 0 Å². The molecule has 3 aliphatic rings. The smallest absolute Gasteiger partial charge is 0.257 e. The van der Waals surface area contributed by atoms with Gasteiger partial charge in [-0.25, -0.2) is 14.4 Å². The molecular formula is C32H39FN6O3. The van der Waals surface area contributed by atoms with Crippen LogP contribution in [-0.4, -0.2) is 75.5 Å². The zero-order chi connectivity index (χ0) is 29.2. The lowest BCUT2D eigenvalue weighted by atomic mass is 9.96. The minimum Gasteiger partial charge on any atom is -0.490 e. The molecule has 2 aromatic heterocycles. The number of amides is 1. The third kappa shape index (κ3) is 5.64. The zero-order valence-electron chi connectivity index (χ0n) is 24.6. The van der Waals surface area contributed by atoms with Crippen LogP contribution in [0.3, 0.4) is 0 Å². The van der Waals surface area contributed by atoms with Gasteiger partial charge in [0.25, 0.3) is 5.91 Å². The number of hydrogen-bond donors (Lipinski definition) is 0. The van der Waals surface area contributed by atoms with Crippen LogP contribution in [0.15, 0.2) is 43.0 Å². The molecule has 3 aliphatic heterocycles. The Hall–Kier alpha value is -3.79. The summed E-state index contributed by atoms with van der Waals surface area (Å²) in [4.78, 5) is 33.1. The van der Waals surface area contributed by atoms with Crippen LogP contribution in [0.25, 0.3) is 0 Å². The summed E-state index contributed by atoms with van der Waals surface area (Å²) in [6, 6.07) is 6.45. The van der Waals surface area contributed by atoms with Gasteiger partial charge in [0.2, 0.25) is 0 Å².